The van der Waals surface area contributed by atoms with Crippen molar-refractivity contribution in [3.05, 3.63) is 131 Å². The van der Waals surface area contributed by atoms with Gasteiger partial charge in [-0.3, -0.25) is 0 Å². The van der Waals surface area contributed by atoms with Crippen molar-refractivity contribution in [2.24, 2.45) is 5.92 Å². The first-order valence-corrected chi connectivity index (χ1v) is 13.6. The molecule has 4 aromatic rings. The van der Waals surface area contributed by atoms with E-state index in [0.717, 1.165) is 37.3 Å². The van der Waals surface area contributed by atoms with Crippen LogP contribution in [-0.2, 0) is 22.3 Å². The van der Waals surface area contributed by atoms with Crippen molar-refractivity contribution >= 4 is 11.4 Å². The summed E-state index contributed by atoms with van der Waals surface area (Å²) in [6.07, 6.45) is 1.92. The summed E-state index contributed by atoms with van der Waals surface area (Å²) in [5, 5.41) is 6.87. The molecule has 0 aliphatic heterocycles. The van der Waals surface area contributed by atoms with E-state index in [9.17, 15) is 0 Å². The molecular formula is C34H40N2O2. The lowest BCUT2D eigenvalue weighted by Gasteiger charge is -2.14. The Morgan fingerprint density at radius 3 is 1.26 bits per heavy atom. The quantitative estimate of drug-likeness (QED) is 0.159. The molecule has 0 spiro atoms. The van der Waals surface area contributed by atoms with E-state index >= 15 is 0 Å². The summed E-state index contributed by atoms with van der Waals surface area (Å²) in [4.78, 5) is 0. The molecule has 0 unspecified atom stereocenters. The molecule has 0 fully saturated rings. The van der Waals surface area contributed by atoms with Gasteiger partial charge in [-0.25, -0.2) is 0 Å². The minimum atomic E-state index is 0.365. The summed E-state index contributed by atoms with van der Waals surface area (Å²) in [6.45, 7) is 6.51. The lowest BCUT2D eigenvalue weighted by Crippen LogP contribution is -2.18. The molecule has 0 radical (unpaired) electrons. The second kappa shape index (κ2) is 15.6. The van der Waals surface area contributed by atoms with Crippen molar-refractivity contribution in [2.45, 2.75) is 19.8 Å². The summed E-state index contributed by atoms with van der Waals surface area (Å²) < 4.78 is 11.7. The molecule has 0 aliphatic carbocycles. The maximum Gasteiger partial charge on any atom is 0.0639 e. The van der Waals surface area contributed by atoms with Crippen LogP contribution in [0.4, 0.5) is 11.4 Å². The van der Waals surface area contributed by atoms with Crippen LogP contribution in [0.1, 0.15) is 29.2 Å². The van der Waals surface area contributed by atoms with Crippen LogP contribution < -0.4 is 10.6 Å². The third-order valence-electron chi connectivity index (χ3n) is 6.37. The standard InChI is InChI=1S/C34H40N2O2/c1-28(26-37-22-20-35-33-16-12-31(13-17-33)24-29-8-4-2-5-9-29)27-38-23-21-36-34-18-14-32(15-19-34)25-30-10-6-3-7-11-30/h2-19,28,35-36H,20-27H2,1H3. The predicted molar refractivity (Wildman–Crippen MR) is 159 cm³/mol. The summed E-state index contributed by atoms with van der Waals surface area (Å²) in [6, 6.07) is 38.4. The Bertz CT molecular complexity index is 1070. The average Bonchev–Trinajstić information content (AvgIpc) is 2.95. The van der Waals surface area contributed by atoms with Crippen LogP contribution in [0.15, 0.2) is 109 Å². The monoisotopic (exact) mass is 508 g/mol. The normalized spacial score (nSPS) is 11.0. The highest BCUT2D eigenvalue weighted by Gasteiger charge is 2.03. The molecule has 2 N–H and O–H groups in total. The predicted octanol–water partition coefficient (Wildman–Crippen LogP) is 7.06. The van der Waals surface area contributed by atoms with Gasteiger partial charge in [0, 0.05) is 30.4 Å². The summed E-state index contributed by atoms with van der Waals surface area (Å²) in [5.41, 5.74) is 7.55. The van der Waals surface area contributed by atoms with E-state index in [0.29, 0.717) is 32.3 Å². The molecule has 4 rings (SSSR count). The van der Waals surface area contributed by atoms with Crippen LogP contribution in [0.3, 0.4) is 0 Å². The van der Waals surface area contributed by atoms with Crippen LogP contribution in [0.25, 0.3) is 0 Å². The lowest BCUT2D eigenvalue weighted by molar-refractivity contribution is 0.0528. The Morgan fingerprint density at radius 1 is 0.500 bits per heavy atom. The van der Waals surface area contributed by atoms with E-state index in [1.807, 2.05) is 0 Å². The van der Waals surface area contributed by atoms with Crippen molar-refractivity contribution in [3.63, 3.8) is 0 Å². The number of benzene rings is 4. The van der Waals surface area contributed by atoms with Crippen LogP contribution in [0, 0.1) is 5.92 Å². The van der Waals surface area contributed by atoms with Gasteiger partial charge in [-0.05, 0) is 59.4 Å². The fraction of sp³-hybridized carbons (Fsp3) is 0.294. The highest BCUT2D eigenvalue weighted by atomic mass is 16.5. The summed E-state index contributed by atoms with van der Waals surface area (Å²) in [5.74, 6) is 0.365. The van der Waals surface area contributed by atoms with E-state index in [1.54, 1.807) is 0 Å². The Kier molecular flexibility index (Phi) is 11.3. The molecule has 0 amide bonds. The fourth-order valence-electron chi connectivity index (χ4n) is 4.30. The lowest BCUT2D eigenvalue weighted by atomic mass is 10.0. The Labute approximate surface area is 228 Å². The second-order valence-electron chi connectivity index (χ2n) is 9.83. The Balaban J connectivity index is 1.01. The minimum absolute atomic E-state index is 0.365. The van der Waals surface area contributed by atoms with Crippen LogP contribution in [0.5, 0.6) is 0 Å². The third-order valence-corrected chi connectivity index (χ3v) is 6.37. The number of hydrogen-bond acceptors (Lipinski definition) is 4. The molecule has 38 heavy (non-hydrogen) atoms. The first kappa shape index (κ1) is 27.4. The van der Waals surface area contributed by atoms with E-state index in [-0.39, 0.29) is 0 Å². The van der Waals surface area contributed by atoms with Gasteiger partial charge in [0.25, 0.3) is 0 Å². The Morgan fingerprint density at radius 2 is 0.868 bits per heavy atom. The summed E-state index contributed by atoms with van der Waals surface area (Å²) in [7, 11) is 0. The molecule has 0 aromatic heterocycles. The number of ether oxygens (including phenoxy) is 2. The van der Waals surface area contributed by atoms with Crippen LogP contribution in [0.2, 0.25) is 0 Å². The van der Waals surface area contributed by atoms with Gasteiger partial charge in [0.05, 0.1) is 26.4 Å². The smallest absolute Gasteiger partial charge is 0.0639 e. The molecule has 4 nitrogen and oxygen atoms in total. The number of anilines is 2. The molecule has 4 heteroatoms. The molecular weight excluding hydrogens is 468 g/mol. The van der Waals surface area contributed by atoms with Crippen molar-refractivity contribution in [1.82, 2.24) is 0 Å². The highest BCUT2D eigenvalue weighted by molar-refractivity contribution is 5.46. The topological polar surface area (TPSA) is 42.5 Å². The zero-order valence-electron chi connectivity index (χ0n) is 22.4. The van der Waals surface area contributed by atoms with Gasteiger partial charge < -0.3 is 20.1 Å². The minimum Gasteiger partial charge on any atom is -0.383 e. The zero-order chi connectivity index (χ0) is 26.3. The van der Waals surface area contributed by atoms with E-state index in [4.69, 9.17) is 9.47 Å². The Hall–Kier alpha value is -3.60. The maximum atomic E-state index is 5.84. The number of hydrogen-bond donors (Lipinski definition) is 2. The van der Waals surface area contributed by atoms with Gasteiger partial charge >= 0.3 is 0 Å². The maximum absolute atomic E-state index is 5.84. The fourth-order valence-corrected chi connectivity index (χ4v) is 4.30. The van der Waals surface area contributed by atoms with Crippen molar-refractivity contribution in [2.75, 3.05) is 50.2 Å². The van der Waals surface area contributed by atoms with Crippen LogP contribution in [-0.4, -0.2) is 39.5 Å². The van der Waals surface area contributed by atoms with Gasteiger partial charge in [0.15, 0.2) is 0 Å². The molecule has 0 atom stereocenters. The third kappa shape index (κ3) is 10.0. The zero-order valence-corrected chi connectivity index (χ0v) is 22.4. The van der Waals surface area contributed by atoms with Gasteiger partial charge in [0.2, 0.25) is 0 Å². The van der Waals surface area contributed by atoms with Gasteiger partial charge in [-0.15, -0.1) is 0 Å². The largest absolute Gasteiger partial charge is 0.383 e. The van der Waals surface area contributed by atoms with Crippen molar-refractivity contribution in [1.29, 1.82) is 0 Å². The van der Waals surface area contributed by atoms with E-state index < -0.39 is 0 Å². The van der Waals surface area contributed by atoms with E-state index in [1.165, 1.54) is 22.3 Å². The molecule has 0 bridgehead atoms. The van der Waals surface area contributed by atoms with Crippen molar-refractivity contribution in [3.8, 4) is 0 Å². The molecule has 0 saturated carbocycles. The SMILES string of the molecule is CC(COCCNc1ccc(Cc2ccccc2)cc1)COCCNc1ccc(Cc2ccccc2)cc1. The number of rotatable bonds is 16. The second-order valence-corrected chi connectivity index (χ2v) is 9.83. The molecule has 0 aliphatic rings. The summed E-state index contributed by atoms with van der Waals surface area (Å²) >= 11 is 0. The van der Waals surface area contributed by atoms with Crippen LogP contribution >= 0.6 is 0 Å². The number of nitrogens with one attached hydrogen (secondary N) is 2. The highest BCUT2D eigenvalue weighted by Crippen LogP contribution is 2.14. The molecule has 198 valence electrons. The van der Waals surface area contributed by atoms with E-state index in [2.05, 4.69) is 127 Å². The first-order chi connectivity index (χ1) is 18.7. The molecule has 0 saturated heterocycles. The van der Waals surface area contributed by atoms with Gasteiger partial charge in [0.1, 0.15) is 0 Å². The molecule has 0 heterocycles. The molecule has 4 aromatic carbocycles. The average molecular weight is 509 g/mol. The first-order valence-electron chi connectivity index (χ1n) is 13.6. The van der Waals surface area contributed by atoms with Gasteiger partial charge in [-0.2, -0.15) is 0 Å². The van der Waals surface area contributed by atoms with Gasteiger partial charge in [-0.1, -0.05) is 91.9 Å². The van der Waals surface area contributed by atoms with Crippen molar-refractivity contribution < 1.29 is 9.47 Å².